The number of anilines is 2. The number of fused-ring (bicyclic) bond motifs is 3. The Morgan fingerprint density at radius 3 is 2.63 bits per heavy atom. The first kappa shape index (κ1) is 20.4. The number of para-hydroxylation sites is 2. The SMILES string of the molecule is CCN1c2ccccc2-c2nc(SCC(=O)Nc3ccccc3C)ncc2S1(=O)=O. The van der Waals surface area contributed by atoms with Gasteiger partial charge < -0.3 is 5.32 Å². The number of hydrogen-bond acceptors (Lipinski definition) is 6. The number of aryl methyl sites for hydroxylation is 1. The van der Waals surface area contributed by atoms with E-state index in [1.54, 1.807) is 19.1 Å². The summed E-state index contributed by atoms with van der Waals surface area (Å²) >= 11 is 1.17. The molecule has 2 heterocycles. The third-order valence-corrected chi connectivity index (χ3v) is 7.52. The predicted octanol–water partition coefficient (Wildman–Crippen LogP) is 3.71. The average molecular weight is 441 g/mol. The molecule has 7 nitrogen and oxygen atoms in total. The Morgan fingerprint density at radius 1 is 1.13 bits per heavy atom. The fourth-order valence-electron chi connectivity index (χ4n) is 3.32. The van der Waals surface area contributed by atoms with Crippen molar-refractivity contribution >= 4 is 39.1 Å². The van der Waals surface area contributed by atoms with Crippen LogP contribution in [0.5, 0.6) is 0 Å². The zero-order chi connectivity index (χ0) is 21.3. The highest BCUT2D eigenvalue weighted by atomic mass is 32.2. The van der Waals surface area contributed by atoms with Crippen molar-refractivity contribution in [3.05, 3.63) is 60.3 Å². The number of rotatable bonds is 5. The molecule has 0 fully saturated rings. The summed E-state index contributed by atoms with van der Waals surface area (Å²) in [4.78, 5) is 21.1. The number of nitrogens with zero attached hydrogens (tertiary/aromatic N) is 3. The van der Waals surface area contributed by atoms with E-state index >= 15 is 0 Å². The molecule has 0 saturated heterocycles. The molecule has 1 aliphatic heterocycles. The van der Waals surface area contributed by atoms with E-state index in [4.69, 9.17) is 0 Å². The van der Waals surface area contributed by atoms with Gasteiger partial charge >= 0.3 is 0 Å². The minimum absolute atomic E-state index is 0.0803. The zero-order valence-electron chi connectivity index (χ0n) is 16.5. The first-order valence-electron chi connectivity index (χ1n) is 9.39. The van der Waals surface area contributed by atoms with Crippen LogP contribution >= 0.6 is 11.8 Å². The van der Waals surface area contributed by atoms with Gasteiger partial charge in [-0.15, -0.1) is 0 Å². The molecule has 0 bridgehead atoms. The largest absolute Gasteiger partial charge is 0.325 e. The summed E-state index contributed by atoms with van der Waals surface area (Å²) in [5.41, 5.74) is 3.43. The molecule has 0 radical (unpaired) electrons. The van der Waals surface area contributed by atoms with E-state index < -0.39 is 10.0 Å². The predicted molar refractivity (Wildman–Crippen MR) is 118 cm³/mol. The van der Waals surface area contributed by atoms with Crippen LogP contribution in [0.1, 0.15) is 12.5 Å². The molecule has 1 aromatic heterocycles. The van der Waals surface area contributed by atoms with E-state index in [-0.39, 0.29) is 16.6 Å². The number of amides is 1. The molecule has 154 valence electrons. The van der Waals surface area contributed by atoms with Gasteiger partial charge in [0.25, 0.3) is 10.0 Å². The highest BCUT2D eigenvalue weighted by Gasteiger charge is 2.35. The Kier molecular flexibility index (Phi) is 5.48. The lowest BCUT2D eigenvalue weighted by atomic mass is 10.1. The molecule has 1 amide bonds. The highest BCUT2D eigenvalue weighted by Crippen LogP contribution is 2.41. The van der Waals surface area contributed by atoms with E-state index in [1.165, 1.54) is 22.3 Å². The summed E-state index contributed by atoms with van der Waals surface area (Å²) in [6, 6.07) is 14.8. The third kappa shape index (κ3) is 3.66. The van der Waals surface area contributed by atoms with Crippen molar-refractivity contribution < 1.29 is 13.2 Å². The summed E-state index contributed by atoms with van der Waals surface area (Å²) < 4.78 is 27.3. The number of sulfonamides is 1. The normalized spacial score (nSPS) is 14.0. The maximum absolute atomic E-state index is 13.0. The lowest BCUT2D eigenvalue weighted by Gasteiger charge is -2.30. The smallest absolute Gasteiger partial charge is 0.268 e. The van der Waals surface area contributed by atoms with Crippen LogP contribution < -0.4 is 9.62 Å². The number of nitrogens with one attached hydrogen (secondary N) is 1. The van der Waals surface area contributed by atoms with Gasteiger partial charge in [-0.1, -0.05) is 48.2 Å². The average Bonchev–Trinajstić information content (AvgIpc) is 2.74. The van der Waals surface area contributed by atoms with E-state index in [0.717, 1.165) is 16.8 Å². The second-order valence-corrected chi connectivity index (χ2v) is 9.48. The number of benzene rings is 2. The highest BCUT2D eigenvalue weighted by molar-refractivity contribution is 7.99. The quantitative estimate of drug-likeness (QED) is 0.480. The van der Waals surface area contributed by atoms with Crippen LogP contribution in [0, 0.1) is 6.92 Å². The third-order valence-electron chi connectivity index (χ3n) is 4.77. The molecule has 0 spiro atoms. The molecule has 0 saturated carbocycles. The van der Waals surface area contributed by atoms with E-state index in [2.05, 4.69) is 15.3 Å². The Morgan fingerprint density at radius 2 is 1.87 bits per heavy atom. The molecule has 9 heteroatoms. The molecule has 3 aromatic rings. The number of aromatic nitrogens is 2. The second kappa shape index (κ2) is 8.08. The van der Waals surface area contributed by atoms with Crippen molar-refractivity contribution in [2.75, 3.05) is 21.9 Å². The summed E-state index contributed by atoms with van der Waals surface area (Å²) in [5, 5.41) is 3.22. The Bertz CT molecular complexity index is 1230. The van der Waals surface area contributed by atoms with Crippen LogP contribution in [0.4, 0.5) is 11.4 Å². The van der Waals surface area contributed by atoms with Gasteiger partial charge in [0.2, 0.25) is 5.91 Å². The van der Waals surface area contributed by atoms with Gasteiger partial charge in [-0.05, 0) is 31.5 Å². The van der Waals surface area contributed by atoms with Crippen molar-refractivity contribution in [2.24, 2.45) is 0 Å². The van der Waals surface area contributed by atoms with Crippen LogP contribution in [-0.2, 0) is 14.8 Å². The van der Waals surface area contributed by atoms with Gasteiger partial charge in [-0.3, -0.25) is 9.10 Å². The standard InChI is InChI=1S/C21H20N4O3S2/c1-3-25-17-11-7-5-9-15(17)20-18(30(25,27)28)12-22-21(24-20)29-13-19(26)23-16-10-6-4-8-14(16)2/h4-12H,3,13H2,1-2H3,(H,23,26). The fraction of sp³-hybridized carbons (Fsp3) is 0.190. The lowest BCUT2D eigenvalue weighted by molar-refractivity contribution is -0.113. The van der Waals surface area contributed by atoms with Gasteiger partial charge in [0.1, 0.15) is 4.90 Å². The minimum atomic E-state index is -3.72. The van der Waals surface area contributed by atoms with Crippen LogP contribution in [0.3, 0.4) is 0 Å². The number of hydrogen-bond donors (Lipinski definition) is 1. The van der Waals surface area contributed by atoms with Crippen molar-refractivity contribution in [2.45, 2.75) is 23.9 Å². The van der Waals surface area contributed by atoms with E-state index in [0.29, 0.717) is 23.1 Å². The Balaban J connectivity index is 1.59. The van der Waals surface area contributed by atoms with Crippen LogP contribution in [0.25, 0.3) is 11.3 Å². The molecule has 1 N–H and O–H groups in total. The van der Waals surface area contributed by atoms with Gasteiger partial charge in [0, 0.05) is 17.8 Å². The summed E-state index contributed by atoms with van der Waals surface area (Å²) in [7, 11) is -3.72. The number of carbonyl (C=O) groups excluding carboxylic acids is 1. The second-order valence-electron chi connectivity index (χ2n) is 6.70. The van der Waals surface area contributed by atoms with Crippen LogP contribution in [0.2, 0.25) is 0 Å². The van der Waals surface area contributed by atoms with Crippen molar-refractivity contribution in [1.82, 2.24) is 9.97 Å². The number of carbonyl (C=O) groups is 1. The molecule has 0 unspecified atom stereocenters. The Hall–Kier alpha value is -2.91. The zero-order valence-corrected chi connectivity index (χ0v) is 18.1. The molecule has 30 heavy (non-hydrogen) atoms. The maximum atomic E-state index is 13.0. The van der Waals surface area contributed by atoms with Crippen molar-refractivity contribution in [1.29, 1.82) is 0 Å². The summed E-state index contributed by atoms with van der Waals surface area (Å²) in [5.74, 6) is -0.0661. The molecular formula is C21H20N4O3S2. The molecule has 0 atom stereocenters. The van der Waals surface area contributed by atoms with Crippen LogP contribution in [0.15, 0.2) is 64.8 Å². The maximum Gasteiger partial charge on any atom is 0.268 e. The molecule has 2 aromatic carbocycles. The molecular weight excluding hydrogens is 420 g/mol. The van der Waals surface area contributed by atoms with Crippen molar-refractivity contribution in [3.8, 4) is 11.3 Å². The molecule has 4 rings (SSSR count). The number of thioether (sulfide) groups is 1. The molecule has 1 aliphatic rings. The lowest BCUT2D eigenvalue weighted by Crippen LogP contribution is -2.34. The minimum Gasteiger partial charge on any atom is -0.325 e. The van der Waals surface area contributed by atoms with Gasteiger partial charge in [0.15, 0.2) is 5.16 Å². The summed E-state index contributed by atoms with van der Waals surface area (Å²) in [6.45, 7) is 4.03. The van der Waals surface area contributed by atoms with E-state index in [9.17, 15) is 13.2 Å². The fourth-order valence-corrected chi connectivity index (χ4v) is 5.51. The topological polar surface area (TPSA) is 92.3 Å². The van der Waals surface area contributed by atoms with Gasteiger partial charge in [-0.2, -0.15) is 0 Å². The van der Waals surface area contributed by atoms with Crippen LogP contribution in [-0.4, -0.2) is 36.6 Å². The Labute approximate surface area is 179 Å². The van der Waals surface area contributed by atoms with Crippen molar-refractivity contribution in [3.63, 3.8) is 0 Å². The summed E-state index contributed by atoms with van der Waals surface area (Å²) in [6.07, 6.45) is 1.33. The van der Waals surface area contributed by atoms with E-state index in [1.807, 2.05) is 43.3 Å². The molecule has 0 aliphatic carbocycles. The van der Waals surface area contributed by atoms with Gasteiger partial charge in [-0.25, -0.2) is 18.4 Å². The first-order valence-corrected chi connectivity index (χ1v) is 11.8. The first-order chi connectivity index (χ1) is 14.4. The van der Waals surface area contributed by atoms with Gasteiger partial charge in [0.05, 0.1) is 23.3 Å². The monoisotopic (exact) mass is 440 g/mol.